The smallest absolute Gasteiger partial charge is 0.255 e. The summed E-state index contributed by atoms with van der Waals surface area (Å²) in [5.41, 5.74) is 6.75. The third kappa shape index (κ3) is 2.85. The Morgan fingerprint density at radius 2 is 1.89 bits per heavy atom. The molecule has 1 fully saturated rings. The summed E-state index contributed by atoms with van der Waals surface area (Å²) < 4.78 is 0. The van der Waals surface area contributed by atoms with Gasteiger partial charge in [-0.15, -0.1) is 0 Å². The number of hydrogen-bond donors (Lipinski definition) is 1. The predicted molar refractivity (Wildman–Crippen MR) is 78.5 cm³/mol. The largest absolute Gasteiger partial charge is 0.399 e. The Balaban J connectivity index is 2.20. The fourth-order valence-electron chi connectivity index (χ4n) is 2.45. The van der Waals surface area contributed by atoms with Gasteiger partial charge in [0.05, 0.1) is 10.6 Å². The van der Waals surface area contributed by atoms with Gasteiger partial charge in [0.15, 0.2) is 0 Å². The first-order valence-corrected chi connectivity index (χ1v) is 6.84. The van der Waals surface area contributed by atoms with Gasteiger partial charge < -0.3 is 10.6 Å². The zero-order chi connectivity index (χ0) is 14.2. The van der Waals surface area contributed by atoms with Crippen LogP contribution < -0.4 is 5.73 Å². The first-order valence-electron chi connectivity index (χ1n) is 6.46. The molecule has 5 heteroatoms. The van der Waals surface area contributed by atoms with Crippen LogP contribution in [0.3, 0.4) is 0 Å². The number of nitrogen functional groups attached to an aromatic ring is 1. The molecule has 0 saturated carbocycles. The van der Waals surface area contributed by atoms with E-state index in [-0.39, 0.29) is 5.91 Å². The normalized spacial score (nSPS) is 24.5. The molecule has 1 saturated heterocycles. The summed E-state index contributed by atoms with van der Waals surface area (Å²) in [5.74, 6) is -0.0169. The number of carbonyl (C=O) groups is 1. The highest BCUT2D eigenvalue weighted by atomic mass is 35.5. The van der Waals surface area contributed by atoms with Crippen LogP contribution in [0.15, 0.2) is 18.2 Å². The second kappa shape index (κ2) is 5.39. The Hall–Kier alpha value is -1.26. The topological polar surface area (TPSA) is 49.6 Å². The van der Waals surface area contributed by atoms with Gasteiger partial charge in [-0.05, 0) is 39.1 Å². The van der Waals surface area contributed by atoms with Gasteiger partial charge in [0.2, 0.25) is 0 Å². The minimum absolute atomic E-state index is 0.0169. The standard InChI is InChI=1S/C14H20ClN3O/c1-9-7-18(8-10(2)17(9)3)14(19)12-5-4-11(16)6-13(12)15/h4-6,9-10H,7-8,16H2,1-3H3. The number of halogens is 1. The van der Waals surface area contributed by atoms with E-state index in [1.807, 2.05) is 4.90 Å². The Bertz CT molecular complexity index is 480. The molecule has 2 unspecified atom stereocenters. The maximum atomic E-state index is 12.5. The molecule has 1 aliphatic rings. The molecule has 2 atom stereocenters. The molecule has 2 N–H and O–H groups in total. The van der Waals surface area contributed by atoms with E-state index < -0.39 is 0 Å². The monoisotopic (exact) mass is 281 g/mol. The molecular weight excluding hydrogens is 262 g/mol. The minimum atomic E-state index is -0.0169. The lowest BCUT2D eigenvalue weighted by Crippen LogP contribution is -2.56. The van der Waals surface area contributed by atoms with Crippen molar-refractivity contribution < 1.29 is 4.79 Å². The molecule has 4 nitrogen and oxygen atoms in total. The number of nitrogens with two attached hydrogens (primary N) is 1. The van der Waals surface area contributed by atoms with E-state index in [2.05, 4.69) is 25.8 Å². The van der Waals surface area contributed by atoms with E-state index in [0.29, 0.717) is 28.4 Å². The average molecular weight is 282 g/mol. The summed E-state index contributed by atoms with van der Waals surface area (Å²) in [6.07, 6.45) is 0. The third-order valence-electron chi connectivity index (χ3n) is 3.87. The van der Waals surface area contributed by atoms with Crippen LogP contribution in [0.25, 0.3) is 0 Å². The van der Waals surface area contributed by atoms with E-state index in [4.69, 9.17) is 17.3 Å². The van der Waals surface area contributed by atoms with Crippen LogP contribution in [-0.4, -0.2) is 47.9 Å². The Morgan fingerprint density at radius 1 is 1.32 bits per heavy atom. The van der Waals surface area contributed by atoms with E-state index in [1.165, 1.54) is 0 Å². The van der Waals surface area contributed by atoms with Crippen molar-refractivity contribution in [2.24, 2.45) is 0 Å². The predicted octanol–water partition coefficient (Wildman–Crippen LogP) is 2.09. The van der Waals surface area contributed by atoms with Gasteiger partial charge in [-0.3, -0.25) is 9.69 Å². The van der Waals surface area contributed by atoms with Crippen molar-refractivity contribution in [3.05, 3.63) is 28.8 Å². The number of benzene rings is 1. The average Bonchev–Trinajstić information content (AvgIpc) is 2.34. The Kier molecular flexibility index (Phi) is 4.02. The lowest BCUT2D eigenvalue weighted by molar-refractivity contribution is 0.0414. The van der Waals surface area contributed by atoms with E-state index in [9.17, 15) is 4.79 Å². The number of carbonyl (C=O) groups excluding carboxylic acids is 1. The van der Waals surface area contributed by atoms with Gasteiger partial charge in [-0.1, -0.05) is 11.6 Å². The lowest BCUT2D eigenvalue weighted by atomic mass is 10.1. The number of amides is 1. The molecule has 0 bridgehead atoms. The van der Waals surface area contributed by atoms with E-state index >= 15 is 0 Å². The number of piperazine rings is 1. The SMILES string of the molecule is CC1CN(C(=O)c2ccc(N)cc2Cl)CC(C)N1C. The molecular formula is C14H20ClN3O. The van der Waals surface area contributed by atoms with Crippen LogP contribution in [0.4, 0.5) is 5.69 Å². The fourth-order valence-corrected chi connectivity index (χ4v) is 2.72. The van der Waals surface area contributed by atoms with Crippen LogP contribution in [-0.2, 0) is 0 Å². The van der Waals surface area contributed by atoms with E-state index in [1.54, 1.807) is 18.2 Å². The maximum Gasteiger partial charge on any atom is 0.255 e. The molecule has 1 heterocycles. The van der Waals surface area contributed by atoms with Crippen molar-refractivity contribution in [2.45, 2.75) is 25.9 Å². The fraction of sp³-hybridized carbons (Fsp3) is 0.500. The van der Waals surface area contributed by atoms with Gasteiger partial charge >= 0.3 is 0 Å². The highest BCUT2D eigenvalue weighted by molar-refractivity contribution is 6.34. The van der Waals surface area contributed by atoms with Gasteiger partial charge in [0.1, 0.15) is 0 Å². The van der Waals surface area contributed by atoms with Crippen molar-refractivity contribution in [2.75, 3.05) is 25.9 Å². The number of likely N-dealkylation sites (N-methyl/N-ethyl adjacent to an activating group) is 1. The summed E-state index contributed by atoms with van der Waals surface area (Å²) in [4.78, 5) is 16.7. The first kappa shape index (κ1) is 14.2. The summed E-state index contributed by atoms with van der Waals surface area (Å²) >= 11 is 6.11. The second-order valence-electron chi connectivity index (χ2n) is 5.31. The quantitative estimate of drug-likeness (QED) is 0.802. The summed E-state index contributed by atoms with van der Waals surface area (Å²) in [7, 11) is 2.09. The molecule has 0 radical (unpaired) electrons. The zero-order valence-corrected chi connectivity index (χ0v) is 12.3. The van der Waals surface area contributed by atoms with Gasteiger partial charge in [-0.2, -0.15) is 0 Å². The highest BCUT2D eigenvalue weighted by Gasteiger charge is 2.30. The molecule has 0 aromatic heterocycles. The molecule has 0 aliphatic carbocycles. The summed E-state index contributed by atoms with van der Waals surface area (Å²) in [6, 6.07) is 5.73. The Labute approximate surface area is 119 Å². The number of nitrogens with zero attached hydrogens (tertiary/aromatic N) is 2. The number of rotatable bonds is 1. The molecule has 19 heavy (non-hydrogen) atoms. The maximum absolute atomic E-state index is 12.5. The van der Waals surface area contributed by atoms with E-state index in [0.717, 1.165) is 13.1 Å². The molecule has 2 rings (SSSR count). The molecule has 1 aromatic rings. The number of anilines is 1. The van der Waals surface area contributed by atoms with Crippen LogP contribution in [0, 0.1) is 0 Å². The third-order valence-corrected chi connectivity index (χ3v) is 4.18. The Morgan fingerprint density at radius 3 is 2.42 bits per heavy atom. The zero-order valence-electron chi connectivity index (χ0n) is 11.6. The van der Waals surface area contributed by atoms with Gasteiger partial charge in [0, 0.05) is 30.9 Å². The first-order chi connectivity index (χ1) is 8.90. The van der Waals surface area contributed by atoms with Crippen LogP contribution in [0.1, 0.15) is 24.2 Å². The second-order valence-corrected chi connectivity index (χ2v) is 5.72. The van der Waals surface area contributed by atoms with Crippen molar-refractivity contribution in [1.29, 1.82) is 0 Å². The molecule has 1 amide bonds. The van der Waals surface area contributed by atoms with Gasteiger partial charge in [-0.25, -0.2) is 0 Å². The molecule has 1 aromatic carbocycles. The van der Waals surface area contributed by atoms with Crippen molar-refractivity contribution in [3.8, 4) is 0 Å². The molecule has 0 spiro atoms. The highest BCUT2D eigenvalue weighted by Crippen LogP contribution is 2.23. The van der Waals surface area contributed by atoms with Gasteiger partial charge in [0.25, 0.3) is 5.91 Å². The van der Waals surface area contributed by atoms with Crippen molar-refractivity contribution >= 4 is 23.2 Å². The van der Waals surface area contributed by atoms with Crippen molar-refractivity contribution in [1.82, 2.24) is 9.80 Å². The minimum Gasteiger partial charge on any atom is -0.399 e. The molecule has 1 aliphatic heterocycles. The van der Waals surface area contributed by atoms with Crippen molar-refractivity contribution in [3.63, 3.8) is 0 Å². The van der Waals surface area contributed by atoms with Crippen LogP contribution in [0.5, 0.6) is 0 Å². The van der Waals surface area contributed by atoms with Crippen LogP contribution >= 0.6 is 11.6 Å². The summed E-state index contributed by atoms with van der Waals surface area (Å²) in [6.45, 7) is 5.70. The number of hydrogen-bond acceptors (Lipinski definition) is 3. The molecule has 104 valence electrons. The summed E-state index contributed by atoms with van der Waals surface area (Å²) in [5, 5.41) is 0.421. The lowest BCUT2D eigenvalue weighted by Gasteiger charge is -2.42. The van der Waals surface area contributed by atoms with Crippen LogP contribution in [0.2, 0.25) is 5.02 Å².